The van der Waals surface area contributed by atoms with Crippen molar-refractivity contribution in [3.8, 4) is 0 Å². The molecule has 2 aromatic rings. The van der Waals surface area contributed by atoms with E-state index in [9.17, 15) is 0 Å². The van der Waals surface area contributed by atoms with Crippen LogP contribution < -0.4 is 5.73 Å². The first-order valence-corrected chi connectivity index (χ1v) is 16.6. The minimum Gasteiger partial charge on any atom is -0.330 e. The van der Waals surface area contributed by atoms with Crippen molar-refractivity contribution >= 4 is 35.4 Å². The van der Waals surface area contributed by atoms with Crippen LogP contribution >= 0.6 is 20.7 Å². The van der Waals surface area contributed by atoms with Crippen LogP contribution in [0.5, 0.6) is 0 Å². The summed E-state index contributed by atoms with van der Waals surface area (Å²) in [4.78, 5) is 2.34. The first kappa shape index (κ1) is 27.3. The molecule has 2 heteroatoms. The van der Waals surface area contributed by atoms with Crippen molar-refractivity contribution < 1.29 is 0 Å². The Morgan fingerprint density at radius 3 is 2.42 bits per heavy atom. The maximum atomic E-state index is 6.42. The molecule has 2 aliphatic carbocycles. The van der Waals surface area contributed by atoms with Crippen molar-refractivity contribution in [1.29, 1.82) is 0 Å². The number of allylic oxidation sites excluding steroid dienone is 5. The molecule has 2 N–H and O–H groups in total. The summed E-state index contributed by atoms with van der Waals surface area (Å²) in [7, 11) is 0. The first-order chi connectivity index (χ1) is 17.0. The summed E-state index contributed by atoms with van der Waals surface area (Å²) in [5, 5.41) is 0. The normalized spacial score (nSPS) is 25.0. The van der Waals surface area contributed by atoms with E-state index in [1.165, 1.54) is 39.0 Å². The standard InChI is InChI=1S/C34H44IN/c1-22-11-9-12-28(23(22)2)32-24(3)29(32)13-10-14-31-33(5,6)30(19-20-34(31,7)21-36)27-17-15-26(16-18-27)25(4)35-8/h9,11-12,14-19,24H,10,13,20-21,36H2,1-8H3. The largest absolute Gasteiger partial charge is 0.330 e. The lowest BCUT2D eigenvalue weighted by Crippen LogP contribution is -2.39. The van der Waals surface area contributed by atoms with Crippen LogP contribution in [0.15, 0.2) is 65.8 Å². The number of aryl methyl sites for hydroxylation is 1. The first-order valence-electron chi connectivity index (χ1n) is 13.4. The van der Waals surface area contributed by atoms with Gasteiger partial charge in [-0.2, -0.15) is 0 Å². The van der Waals surface area contributed by atoms with Crippen LogP contribution in [0.3, 0.4) is 0 Å². The van der Waals surface area contributed by atoms with Gasteiger partial charge in [0.05, 0.1) is 0 Å². The van der Waals surface area contributed by atoms with Crippen LogP contribution in [-0.4, -0.2) is 15.0 Å². The lowest BCUT2D eigenvalue weighted by Gasteiger charge is -2.46. The summed E-state index contributed by atoms with van der Waals surface area (Å²) in [5.74, 6) is 0.615. The third kappa shape index (κ3) is 5.00. The molecule has 4 rings (SSSR count). The Labute approximate surface area is 229 Å². The maximum absolute atomic E-state index is 6.42. The summed E-state index contributed by atoms with van der Waals surface area (Å²) < 4.78 is 1.55. The summed E-state index contributed by atoms with van der Waals surface area (Å²) in [6, 6.07) is 16.0. The van der Waals surface area contributed by atoms with E-state index in [4.69, 9.17) is 5.73 Å². The highest BCUT2D eigenvalue weighted by Gasteiger charge is 2.42. The van der Waals surface area contributed by atoms with E-state index < -0.39 is 0 Å². The number of halogens is 1. The molecule has 0 heterocycles. The van der Waals surface area contributed by atoms with Crippen molar-refractivity contribution in [2.45, 2.75) is 67.7 Å². The predicted octanol–water partition coefficient (Wildman–Crippen LogP) is 9.03. The topological polar surface area (TPSA) is 26.0 Å². The Bertz CT molecular complexity index is 1270. The quantitative estimate of drug-likeness (QED) is 0.194. The number of benzene rings is 2. The average Bonchev–Trinajstić information content (AvgIpc) is 3.50. The summed E-state index contributed by atoms with van der Waals surface area (Å²) >= 11 is 0.141. The second-order valence-corrected chi connectivity index (χ2v) is 14.3. The van der Waals surface area contributed by atoms with Crippen LogP contribution in [-0.2, 0) is 0 Å². The molecule has 2 atom stereocenters. The van der Waals surface area contributed by atoms with Gasteiger partial charge in [-0.15, -0.1) is 20.7 Å². The molecule has 0 saturated carbocycles. The molecule has 0 aliphatic heterocycles. The van der Waals surface area contributed by atoms with Crippen molar-refractivity contribution in [2.24, 2.45) is 22.5 Å². The number of rotatable bonds is 7. The zero-order chi connectivity index (χ0) is 26.3. The number of nitrogens with two attached hydrogens (primary N) is 1. The fraction of sp³-hybridized carbons (Fsp3) is 0.441. The van der Waals surface area contributed by atoms with Gasteiger partial charge in [0.2, 0.25) is 0 Å². The van der Waals surface area contributed by atoms with Gasteiger partial charge in [-0.1, -0.05) is 93.5 Å². The maximum Gasteiger partial charge on any atom is 0.0114 e. The molecular weight excluding hydrogens is 549 g/mol. The molecular formula is C34H44IN. The van der Waals surface area contributed by atoms with E-state index in [1.54, 1.807) is 14.7 Å². The van der Waals surface area contributed by atoms with Gasteiger partial charge in [0.15, 0.2) is 0 Å². The molecule has 36 heavy (non-hydrogen) atoms. The van der Waals surface area contributed by atoms with Crippen LogP contribution in [0.2, 0.25) is 0 Å². The van der Waals surface area contributed by atoms with Crippen molar-refractivity contribution in [2.75, 3.05) is 11.5 Å². The lowest BCUT2D eigenvalue weighted by atomic mass is 9.59. The van der Waals surface area contributed by atoms with Crippen LogP contribution in [0, 0.1) is 30.6 Å². The fourth-order valence-corrected chi connectivity index (χ4v) is 7.30. The third-order valence-corrected chi connectivity index (χ3v) is 11.2. The van der Waals surface area contributed by atoms with Gasteiger partial charge in [-0.05, 0) is 87.4 Å². The summed E-state index contributed by atoms with van der Waals surface area (Å²) in [6.07, 6.45) is 8.25. The highest BCUT2D eigenvalue weighted by atomic mass is 127. The SMILES string of the molecule is CI=C(C)c1ccc(C2=CCC(C)(CN)C(=CCCC3=C(c4cccc(C)c4C)C3C)C2(C)C)cc1. The highest BCUT2D eigenvalue weighted by Crippen LogP contribution is 2.55. The number of hydrogen-bond acceptors (Lipinski definition) is 1. The zero-order valence-electron chi connectivity index (χ0n) is 23.6. The molecule has 1 nitrogen and oxygen atoms in total. The van der Waals surface area contributed by atoms with Crippen molar-refractivity contribution in [3.05, 3.63) is 93.6 Å². The lowest BCUT2D eigenvalue weighted by molar-refractivity contribution is 0.330. The minimum atomic E-state index is -0.0379. The van der Waals surface area contributed by atoms with Crippen LogP contribution in [0.4, 0.5) is 0 Å². The highest BCUT2D eigenvalue weighted by molar-refractivity contribution is 14.2. The van der Waals surface area contributed by atoms with Gasteiger partial charge >= 0.3 is 0 Å². The van der Waals surface area contributed by atoms with Crippen molar-refractivity contribution in [1.82, 2.24) is 0 Å². The Balaban J connectivity index is 1.60. The van der Waals surface area contributed by atoms with Crippen molar-refractivity contribution in [3.63, 3.8) is 0 Å². The Hall–Kier alpha value is -1.78. The van der Waals surface area contributed by atoms with Gasteiger partial charge in [-0.25, -0.2) is 0 Å². The Kier molecular flexibility index (Phi) is 7.98. The van der Waals surface area contributed by atoms with E-state index in [0.29, 0.717) is 12.5 Å². The molecule has 2 aliphatic rings. The molecule has 0 radical (unpaired) electrons. The second kappa shape index (κ2) is 10.5. The molecule has 192 valence electrons. The van der Waals surface area contributed by atoms with E-state index in [1.807, 2.05) is 0 Å². The molecule has 0 fully saturated rings. The van der Waals surface area contributed by atoms with Gasteiger partial charge < -0.3 is 5.73 Å². The second-order valence-electron chi connectivity index (χ2n) is 11.6. The van der Waals surface area contributed by atoms with Gasteiger partial charge in [-0.3, -0.25) is 0 Å². The zero-order valence-corrected chi connectivity index (χ0v) is 25.7. The predicted molar refractivity (Wildman–Crippen MR) is 169 cm³/mol. The smallest absolute Gasteiger partial charge is 0.0114 e. The average molecular weight is 594 g/mol. The van der Waals surface area contributed by atoms with Crippen LogP contribution in [0.25, 0.3) is 11.1 Å². The molecule has 2 aromatic carbocycles. The molecule has 0 aromatic heterocycles. The molecule has 0 spiro atoms. The van der Waals surface area contributed by atoms with Gasteiger partial charge in [0.1, 0.15) is 0 Å². The molecule has 0 amide bonds. The summed E-state index contributed by atoms with van der Waals surface area (Å²) in [6.45, 7) is 17.0. The summed E-state index contributed by atoms with van der Waals surface area (Å²) in [5.41, 5.74) is 19.6. The molecule has 0 bridgehead atoms. The van der Waals surface area contributed by atoms with Gasteiger partial charge in [0.25, 0.3) is 0 Å². The van der Waals surface area contributed by atoms with E-state index >= 15 is 0 Å². The van der Waals surface area contributed by atoms with E-state index in [0.717, 1.165) is 19.3 Å². The molecule has 0 saturated heterocycles. The Morgan fingerprint density at radius 2 is 1.78 bits per heavy atom. The number of hydrogen-bond donors (Lipinski definition) is 1. The molecule has 2 unspecified atom stereocenters. The monoisotopic (exact) mass is 593 g/mol. The fourth-order valence-electron chi connectivity index (χ4n) is 6.32. The van der Waals surface area contributed by atoms with E-state index in [2.05, 4.69) is 108 Å². The van der Waals surface area contributed by atoms with E-state index in [-0.39, 0.29) is 31.6 Å². The Morgan fingerprint density at radius 1 is 1.08 bits per heavy atom. The van der Waals surface area contributed by atoms with Crippen LogP contribution in [0.1, 0.15) is 81.7 Å². The minimum absolute atomic E-state index is 0.0173. The van der Waals surface area contributed by atoms with Gasteiger partial charge in [0, 0.05) is 23.3 Å². The third-order valence-electron chi connectivity index (χ3n) is 8.96. The number of alkyl halides is 1.